The summed E-state index contributed by atoms with van der Waals surface area (Å²) in [5.41, 5.74) is 0.322. The molecular weight excluding hydrogens is 569 g/mol. The van der Waals surface area contributed by atoms with Crippen molar-refractivity contribution in [2.75, 3.05) is 45.4 Å². The van der Waals surface area contributed by atoms with Gasteiger partial charge in [0.15, 0.2) is 12.1 Å². The Hall–Kier alpha value is -4.44. The van der Waals surface area contributed by atoms with Gasteiger partial charge in [-0.15, -0.1) is 0 Å². The molecule has 1 unspecified atom stereocenters. The van der Waals surface area contributed by atoms with E-state index in [2.05, 4.69) is 9.97 Å². The number of carbonyl (C=O) groups is 1. The second-order valence-electron chi connectivity index (χ2n) is 9.64. The Kier molecular flexibility index (Phi) is 8.44. The van der Waals surface area contributed by atoms with Gasteiger partial charge in [0, 0.05) is 44.8 Å². The van der Waals surface area contributed by atoms with E-state index in [0.717, 1.165) is 0 Å². The van der Waals surface area contributed by atoms with Gasteiger partial charge in [-0.2, -0.15) is 15.2 Å². The summed E-state index contributed by atoms with van der Waals surface area (Å²) in [6.45, 7) is 0.350. The van der Waals surface area contributed by atoms with Gasteiger partial charge < -0.3 is 34.2 Å². The van der Waals surface area contributed by atoms with Crippen LogP contribution in [0.1, 0.15) is 6.42 Å². The maximum Gasteiger partial charge on any atom is 0.407 e. The van der Waals surface area contributed by atoms with Crippen LogP contribution in [0.5, 0.6) is 11.8 Å². The summed E-state index contributed by atoms with van der Waals surface area (Å²) in [7, 11) is 2.88. The van der Waals surface area contributed by atoms with E-state index in [1.165, 1.54) is 25.2 Å². The van der Waals surface area contributed by atoms with E-state index in [1.807, 2.05) is 12.1 Å². The Labute approximate surface area is 245 Å². The molecular formula is C29H27ClFN5O6. The number of nitriles is 1. The number of ether oxygens (including phenoxy) is 3. The second kappa shape index (κ2) is 12.2. The van der Waals surface area contributed by atoms with Crippen LogP contribution >= 0.6 is 11.6 Å². The van der Waals surface area contributed by atoms with E-state index in [0.29, 0.717) is 16.3 Å². The van der Waals surface area contributed by atoms with Crippen LogP contribution in [0.2, 0.25) is 5.02 Å². The van der Waals surface area contributed by atoms with Crippen LogP contribution < -0.4 is 9.64 Å². The minimum atomic E-state index is -1.13. The fourth-order valence-corrected chi connectivity index (χ4v) is 5.46. The van der Waals surface area contributed by atoms with Crippen LogP contribution in [0.3, 0.4) is 0 Å². The molecule has 42 heavy (non-hydrogen) atoms. The zero-order chi connectivity index (χ0) is 30.0. The molecule has 1 atom stereocenters. The summed E-state index contributed by atoms with van der Waals surface area (Å²) in [5, 5.41) is 31.1. The lowest BCUT2D eigenvalue weighted by atomic mass is 9.96. The van der Waals surface area contributed by atoms with Gasteiger partial charge in [0.2, 0.25) is 0 Å². The zero-order valence-corrected chi connectivity index (χ0v) is 23.5. The normalized spacial score (nSPS) is 15.4. The summed E-state index contributed by atoms with van der Waals surface area (Å²) in [6.07, 6.45) is -1.91. The monoisotopic (exact) mass is 595 g/mol. The maximum atomic E-state index is 16.6. The lowest BCUT2D eigenvalue weighted by Gasteiger charge is -2.40. The number of halogens is 2. The molecule has 0 bridgehead atoms. The quantitative estimate of drug-likeness (QED) is 0.266. The van der Waals surface area contributed by atoms with Gasteiger partial charge in [-0.25, -0.2) is 9.18 Å². The number of aromatic hydroxyl groups is 1. The number of methoxy groups -OCH3 is 2. The van der Waals surface area contributed by atoms with Crippen molar-refractivity contribution < 1.29 is 33.6 Å². The van der Waals surface area contributed by atoms with E-state index in [4.69, 9.17) is 25.8 Å². The van der Waals surface area contributed by atoms with Crippen molar-refractivity contribution >= 4 is 45.2 Å². The van der Waals surface area contributed by atoms with Gasteiger partial charge in [0.05, 0.1) is 23.6 Å². The Morgan fingerprint density at radius 2 is 1.95 bits per heavy atom. The van der Waals surface area contributed by atoms with Crippen molar-refractivity contribution in [2.24, 2.45) is 0 Å². The molecule has 11 nitrogen and oxygen atoms in total. The number of fused-ring (bicyclic) bond motifs is 2. The molecule has 0 spiro atoms. The van der Waals surface area contributed by atoms with Crippen molar-refractivity contribution in [3.8, 4) is 29.0 Å². The highest BCUT2D eigenvalue weighted by Crippen LogP contribution is 2.42. The fraction of sp³-hybridized carbons (Fsp3) is 0.310. The third-order valence-corrected chi connectivity index (χ3v) is 7.49. The van der Waals surface area contributed by atoms with Crippen molar-refractivity contribution in [1.82, 2.24) is 14.9 Å². The van der Waals surface area contributed by atoms with Crippen LogP contribution in [-0.4, -0.2) is 84.0 Å². The molecule has 2 heterocycles. The molecule has 1 saturated heterocycles. The Balaban J connectivity index is 1.69. The maximum absolute atomic E-state index is 16.6. The Morgan fingerprint density at radius 1 is 1.19 bits per heavy atom. The molecule has 218 valence electrons. The molecule has 5 rings (SSSR count). The van der Waals surface area contributed by atoms with Gasteiger partial charge in [0.25, 0.3) is 0 Å². The predicted molar refractivity (Wildman–Crippen MR) is 153 cm³/mol. The van der Waals surface area contributed by atoms with Crippen LogP contribution in [0.15, 0.2) is 42.5 Å². The van der Waals surface area contributed by atoms with E-state index < -0.39 is 24.2 Å². The zero-order valence-electron chi connectivity index (χ0n) is 22.8. The molecule has 0 saturated carbocycles. The third-order valence-electron chi connectivity index (χ3n) is 7.19. The fourth-order valence-electron chi connectivity index (χ4n) is 5.17. The van der Waals surface area contributed by atoms with E-state index >= 15 is 4.39 Å². The number of hydrogen-bond acceptors (Lipinski definition) is 9. The van der Waals surface area contributed by atoms with Crippen molar-refractivity contribution in [3.63, 3.8) is 0 Å². The first-order valence-electron chi connectivity index (χ1n) is 13.0. The van der Waals surface area contributed by atoms with Crippen LogP contribution in [0, 0.1) is 17.1 Å². The van der Waals surface area contributed by atoms with Crippen LogP contribution in [0.4, 0.5) is 15.0 Å². The molecule has 2 N–H and O–H groups in total. The number of benzene rings is 3. The third kappa shape index (κ3) is 5.54. The topological polar surface area (TPSA) is 141 Å². The van der Waals surface area contributed by atoms with Crippen LogP contribution in [-0.2, 0) is 9.47 Å². The Morgan fingerprint density at radius 3 is 2.67 bits per heavy atom. The molecule has 1 fully saturated rings. The van der Waals surface area contributed by atoms with Crippen LogP contribution in [0.25, 0.3) is 32.8 Å². The molecule has 13 heteroatoms. The summed E-state index contributed by atoms with van der Waals surface area (Å²) in [4.78, 5) is 23.7. The lowest BCUT2D eigenvalue weighted by Crippen LogP contribution is -2.55. The highest BCUT2D eigenvalue weighted by molar-refractivity contribution is 6.35. The molecule has 3 aromatic carbocycles. The first-order chi connectivity index (χ1) is 20.2. The SMILES string of the molecule is COC(COc1nc(N2CCN(C(=O)O)C(CC#N)C2)c2cc(Cl)c(-c3cc(O)cc4ccccc34)c(F)c2n1)OC. The highest BCUT2D eigenvalue weighted by Gasteiger charge is 2.33. The molecule has 0 aliphatic carbocycles. The van der Waals surface area contributed by atoms with Crippen molar-refractivity contribution in [3.05, 3.63) is 53.3 Å². The number of anilines is 1. The average molecular weight is 596 g/mol. The van der Waals surface area contributed by atoms with Crippen molar-refractivity contribution in [2.45, 2.75) is 18.8 Å². The highest BCUT2D eigenvalue weighted by atomic mass is 35.5. The smallest absolute Gasteiger partial charge is 0.407 e. The van der Waals surface area contributed by atoms with Gasteiger partial charge in [-0.05, 0) is 34.5 Å². The Bertz CT molecular complexity index is 1700. The number of nitrogens with zero attached hydrogens (tertiary/aromatic N) is 5. The minimum absolute atomic E-state index is 0.0385. The van der Waals surface area contributed by atoms with Crippen molar-refractivity contribution in [1.29, 1.82) is 5.26 Å². The lowest BCUT2D eigenvalue weighted by molar-refractivity contribution is -0.123. The van der Waals surface area contributed by atoms with E-state index in [-0.39, 0.29) is 71.7 Å². The molecule has 1 aromatic heterocycles. The largest absolute Gasteiger partial charge is 0.508 e. The predicted octanol–water partition coefficient (Wildman–Crippen LogP) is 5.03. The summed E-state index contributed by atoms with van der Waals surface area (Å²) >= 11 is 6.74. The van der Waals surface area contributed by atoms with E-state index in [9.17, 15) is 20.3 Å². The number of carboxylic acid groups (broad SMARTS) is 1. The summed E-state index contributed by atoms with van der Waals surface area (Å²) in [5.74, 6) is -0.548. The first-order valence-corrected chi connectivity index (χ1v) is 13.3. The molecule has 4 aromatic rings. The number of phenols is 1. The number of piperazine rings is 1. The number of hydrogen-bond donors (Lipinski definition) is 2. The molecule has 1 aliphatic heterocycles. The second-order valence-corrected chi connectivity index (χ2v) is 10.0. The van der Waals surface area contributed by atoms with Gasteiger partial charge in [0.1, 0.15) is 23.7 Å². The summed E-state index contributed by atoms with van der Waals surface area (Å²) < 4.78 is 32.7. The average Bonchev–Trinajstić information content (AvgIpc) is 2.97. The van der Waals surface area contributed by atoms with Gasteiger partial charge >= 0.3 is 12.1 Å². The number of phenolic OH excluding ortho intramolecular Hbond substituents is 1. The first kappa shape index (κ1) is 29.1. The molecule has 1 aliphatic rings. The number of aromatic nitrogens is 2. The molecule has 0 radical (unpaired) electrons. The number of rotatable bonds is 8. The van der Waals surface area contributed by atoms with Gasteiger partial charge in [-0.1, -0.05) is 35.9 Å². The summed E-state index contributed by atoms with van der Waals surface area (Å²) in [6, 6.07) is 13.0. The molecule has 1 amide bonds. The van der Waals surface area contributed by atoms with Gasteiger partial charge in [-0.3, -0.25) is 0 Å². The standard InChI is InChI=1S/C29H27ClFN5O6/c1-40-23(41-2)15-42-28-33-26-21(27(34-28)35-9-10-36(29(38)39)17(14-35)7-8-32)13-22(30)24(25(26)31)20-12-18(37)11-16-5-3-4-6-19(16)20/h3-6,11-13,17,23,37H,7,9-10,14-15H2,1-2H3,(H,38,39). The number of amides is 1. The minimum Gasteiger partial charge on any atom is -0.508 e. The van der Waals surface area contributed by atoms with E-state index in [1.54, 1.807) is 35.2 Å².